The molecule has 2 N–H and O–H groups in total. The third kappa shape index (κ3) is 6.49. The van der Waals surface area contributed by atoms with Crippen molar-refractivity contribution >= 4 is 34.7 Å². The van der Waals surface area contributed by atoms with Crippen LogP contribution in [0.5, 0.6) is 5.75 Å². The molecule has 0 fully saturated rings. The lowest BCUT2D eigenvalue weighted by Crippen LogP contribution is -2.34. The van der Waals surface area contributed by atoms with E-state index in [2.05, 4.69) is 17.6 Å². The Hall–Kier alpha value is -2.73. The van der Waals surface area contributed by atoms with Crippen molar-refractivity contribution in [2.75, 3.05) is 11.9 Å². The van der Waals surface area contributed by atoms with Crippen molar-refractivity contribution in [2.45, 2.75) is 33.1 Å². The van der Waals surface area contributed by atoms with Gasteiger partial charge in [-0.2, -0.15) is 0 Å². The highest BCUT2D eigenvalue weighted by Crippen LogP contribution is 2.18. The van der Waals surface area contributed by atoms with Crippen LogP contribution < -0.4 is 15.4 Å². The van der Waals surface area contributed by atoms with Crippen molar-refractivity contribution in [3.63, 3.8) is 0 Å². The first kappa shape index (κ1) is 20.6. The van der Waals surface area contributed by atoms with Crippen LogP contribution in [0.1, 0.15) is 53.8 Å². The molecule has 2 aromatic carbocycles. The lowest BCUT2D eigenvalue weighted by Gasteiger charge is -2.13. The summed E-state index contributed by atoms with van der Waals surface area (Å²) in [7, 11) is 0. The lowest BCUT2D eigenvalue weighted by atomic mass is 10.1. The summed E-state index contributed by atoms with van der Waals surface area (Å²) in [5.74, 6) is 0.201. The molecule has 0 aliphatic rings. The fourth-order valence-corrected chi connectivity index (χ4v) is 2.65. The number of ketones is 1. The molecular weight excluding hydrogens is 360 g/mol. The Bertz CT molecular complexity index is 803. The van der Waals surface area contributed by atoms with Gasteiger partial charge in [-0.25, -0.2) is 0 Å². The molecule has 0 radical (unpaired) electrons. The number of Topliss-reactive ketones (excluding diaryl/α,β-unsaturated/α-hetero) is 1. The van der Waals surface area contributed by atoms with Crippen LogP contribution in [0.3, 0.4) is 0 Å². The zero-order chi connectivity index (χ0) is 19.6. The van der Waals surface area contributed by atoms with Crippen molar-refractivity contribution in [1.29, 1.82) is 0 Å². The minimum atomic E-state index is -0.334. The van der Waals surface area contributed by atoms with E-state index in [1.807, 2.05) is 6.07 Å². The van der Waals surface area contributed by atoms with Crippen LogP contribution >= 0.6 is 12.2 Å². The first-order chi connectivity index (χ1) is 13.0. The van der Waals surface area contributed by atoms with Gasteiger partial charge >= 0.3 is 0 Å². The first-order valence-corrected chi connectivity index (χ1v) is 9.37. The standard InChI is InChI=1S/C21H24N2O3S/c1-3-4-7-14-26-19-9-6-5-8-18(19)20(25)23-21(27)22-17-12-10-16(11-13-17)15(2)24/h5-6,8-13H,3-4,7,14H2,1-2H3,(H2,22,23,25,27). The smallest absolute Gasteiger partial charge is 0.261 e. The molecule has 0 saturated carbocycles. The second-order valence-electron chi connectivity index (χ2n) is 6.09. The number of hydrogen-bond donors (Lipinski definition) is 2. The number of rotatable bonds is 8. The Balaban J connectivity index is 1.95. The monoisotopic (exact) mass is 384 g/mol. The molecule has 6 heteroatoms. The van der Waals surface area contributed by atoms with Crippen molar-refractivity contribution in [2.24, 2.45) is 0 Å². The summed E-state index contributed by atoms with van der Waals surface area (Å²) in [6, 6.07) is 14.0. The number of benzene rings is 2. The Labute approximate surface area is 165 Å². The largest absolute Gasteiger partial charge is 0.493 e. The van der Waals surface area contributed by atoms with Gasteiger partial charge in [0.25, 0.3) is 5.91 Å². The summed E-state index contributed by atoms with van der Waals surface area (Å²) in [5.41, 5.74) is 1.74. The molecule has 2 aromatic rings. The molecule has 0 heterocycles. The number of ether oxygens (including phenoxy) is 1. The highest BCUT2D eigenvalue weighted by atomic mass is 32.1. The summed E-state index contributed by atoms with van der Waals surface area (Å²) >= 11 is 5.21. The zero-order valence-electron chi connectivity index (χ0n) is 15.6. The maximum atomic E-state index is 12.5. The fraction of sp³-hybridized carbons (Fsp3) is 0.286. The minimum Gasteiger partial charge on any atom is -0.493 e. The molecule has 0 aliphatic carbocycles. The van der Waals surface area contributed by atoms with Gasteiger partial charge in [0.15, 0.2) is 10.9 Å². The average molecular weight is 385 g/mol. The third-order valence-electron chi connectivity index (χ3n) is 3.91. The Morgan fingerprint density at radius 3 is 2.41 bits per heavy atom. The molecular formula is C21H24N2O3S. The summed E-state index contributed by atoms with van der Waals surface area (Å²) in [6.07, 6.45) is 3.15. The van der Waals surface area contributed by atoms with E-state index in [-0.39, 0.29) is 16.8 Å². The van der Waals surface area contributed by atoms with Crippen LogP contribution in [0, 0.1) is 0 Å². The number of para-hydroxylation sites is 1. The molecule has 0 aromatic heterocycles. The summed E-state index contributed by atoms with van der Waals surface area (Å²) < 4.78 is 5.74. The van der Waals surface area contributed by atoms with E-state index in [0.29, 0.717) is 29.2 Å². The average Bonchev–Trinajstić information content (AvgIpc) is 2.66. The van der Waals surface area contributed by atoms with Crippen LogP contribution in [0.15, 0.2) is 48.5 Å². The number of anilines is 1. The molecule has 1 amide bonds. The van der Waals surface area contributed by atoms with Gasteiger partial charge in [0.1, 0.15) is 5.75 Å². The minimum absolute atomic E-state index is 0.00651. The second-order valence-corrected chi connectivity index (χ2v) is 6.50. The molecule has 5 nitrogen and oxygen atoms in total. The normalized spacial score (nSPS) is 10.1. The van der Waals surface area contributed by atoms with Crippen LogP contribution in [0.2, 0.25) is 0 Å². The summed E-state index contributed by atoms with van der Waals surface area (Å²) in [5, 5.41) is 5.77. The first-order valence-electron chi connectivity index (χ1n) is 8.96. The molecule has 0 saturated heterocycles. The molecule has 0 unspecified atom stereocenters. The van der Waals surface area contributed by atoms with Crippen molar-refractivity contribution in [3.05, 3.63) is 59.7 Å². The van der Waals surface area contributed by atoms with Gasteiger partial charge in [-0.05, 0) is 62.0 Å². The second kappa shape index (κ2) is 10.4. The van der Waals surface area contributed by atoms with E-state index in [4.69, 9.17) is 17.0 Å². The predicted molar refractivity (Wildman–Crippen MR) is 112 cm³/mol. The van der Waals surface area contributed by atoms with Crippen molar-refractivity contribution in [3.8, 4) is 5.75 Å². The van der Waals surface area contributed by atoms with Gasteiger partial charge in [0.05, 0.1) is 12.2 Å². The third-order valence-corrected chi connectivity index (χ3v) is 4.12. The van der Waals surface area contributed by atoms with Gasteiger partial charge in [-0.1, -0.05) is 31.9 Å². The quantitative estimate of drug-likeness (QED) is 0.396. The summed E-state index contributed by atoms with van der Waals surface area (Å²) in [4.78, 5) is 23.8. The fourth-order valence-electron chi connectivity index (χ4n) is 2.44. The maximum Gasteiger partial charge on any atom is 0.261 e. The zero-order valence-corrected chi connectivity index (χ0v) is 16.4. The number of nitrogens with one attached hydrogen (secondary N) is 2. The summed E-state index contributed by atoms with van der Waals surface area (Å²) in [6.45, 7) is 4.21. The SMILES string of the molecule is CCCCCOc1ccccc1C(=O)NC(=S)Nc1ccc(C(C)=O)cc1. The molecule has 2 rings (SSSR count). The van der Waals surface area contributed by atoms with E-state index < -0.39 is 0 Å². The van der Waals surface area contributed by atoms with Crippen LogP contribution in [0.25, 0.3) is 0 Å². The molecule has 0 spiro atoms. The molecule has 0 bridgehead atoms. The molecule has 142 valence electrons. The highest BCUT2D eigenvalue weighted by molar-refractivity contribution is 7.80. The number of hydrogen-bond acceptors (Lipinski definition) is 4. The Morgan fingerprint density at radius 1 is 1.04 bits per heavy atom. The van der Waals surface area contributed by atoms with Crippen LogP contribution in [-0.2, 0) is 0 Å². The van der Waals surface area contributed by atoms with Gasteiger partial charge in [-0.15, -0.1) is 0 Å². The predicted octanol–water partition coefficient (Wildman–Crippen LogP) is 4.59. The van der Waals surface area contributed by atoms with E-state index in [9.17, 15) is 9.59 Å². The highest BCUT2D eigenvalue weighted by Gasteiger charge is 2.13. The van der Waals surface area contributed by atoms with Crippen molar-refractivity contribution < 1.29 is 14.3 Å². The van der Waals surface area contributed by atoms with Crippen molar-refractivity contribution in [1.82, 2.24) is 5.32 Å². The number of thiocarbonyl (C=S) groups is 1. The Kier molecular flexibility index (Phi) is 7.95. The van der Waals surface area contributed by atoms with Gasteiger partial charge in [-0.3, -0.25) is 14.9 Å². The maximum absolute atomic E-state index is 12.5. The number of carbonyl (C=O) groups excluding carboxylic acids is 2. The van der Waals surface area contributed by atoms with Crippen LogP contribution in [-0.4, -0.2) is 23.4 Å². The van der Waals surface area contributed by atoms with Gasteiger partial charge in [0.2, 0.25) is 0 Å². The van der Waals surface area contributed by atoms with Crippen LogP contribution in [0.4, 0.5) is 5.69 Å². The number of amides is 1. The lowest BCUT2D eigenvalue weighted by molar-refractivity contribution is 0.0972. The number of unbranched alkanes of at least 4 members (excludes halogenated alkanes) is 2. The topological polar surface area (TPSA) is 67.4 Å². The molecule has 0 atom stereocenters. The van der Waals surface area contributed by atoms with E-state index in [0.717, 1.165) is 19.3 Å². The van der Waals surface area contributed by atoms with E-state index in [1.54, 1.807) is 42.5 Å². The Morgan fingerprint density at radius 2 is 1.74 bits per heavy atom. The number of carbonyl (C=O) groups is 2. The molecule has 27 heavy (non-hydrogen) atoms. The van der Waals surface area contributed by atoms with Gasteiger partial charge in [0, 0.05) is 11.3 Å². The van der Waals surface area contributed by atoms with E-state index in [1.165, 1.54) is 6.92 Å². The molecule has 0 aliphatic heterocycles. The van der Waals surface area contributed by atoms with Gasteiger partial charge < -0.3 is 10.1 Å². The van der Waals surface area contributed by atoms with E-state index >= 15 is 0 Å².